The fourth-order valence-corrected chi connectivity index (χ4v) is 4.43. The number of nitrogens with zero attached hydrogens (tertiary/aromatic N) is 5. The lowest BCUT2D eigenvalue weighted by Gasteiger charge is -2.27. The quantitative estimate of drug-likeness (QED) is 0.613. The number of hydrogen-bond donors (Lipinski definition) is 1. The van der Waals surface area contributed by atoms with Crippen molar-refractivity contribution in [3.05, 3.63) is 41.2 Å². The highest BCUT2D eigenvalue weighted by molar-refractivity contribution is 6.24. The van der Waals surface area contributed by atoms with E-state index in [2.05, 4.69) is 15.6 Å². The van der Waals surface area contributed by atoms with Crippen LogP contribution < -0.4 is 5.32 Å². The summed E-state index contributed by atoms with van der Waals surface area (Å²) in [5, 5.41) is 10.1. The third-order valence-electron chi connectivity index (χ3n) is 6.17. The summed E-state index contributed by atoms with van der Waals surface area (Å²) >= 11 is 0. The van der Waals surface area contributed by atoms with Gasteiger partial charge in [0.2, 0.25) is 11.8 Å². The lowest BCUT2D eigenvalue weighted by atomic mass is 10.0. The summed E-state index contributed by atoms with van der Waals surface area (Å²) in [7, 11) is 1.60. The van der Waals surface area contributed by atoms with Crippen LogP contribution in [0, 0.1) is 0 Å². The number of carbonyl (C=O) groups excluding carboxylic acids is 5. The van der Waals surface area contributed by atoms with Gasteiger partial charge < -0.3 is 9.64 Å². The summed E-state index contributed by atoms with van der Waals surface area (Å²) in [6.45, 7) is 0.996. The number of benzene rings is 1. The Morgan fingerprint density at radius 1 is 1.15 bits per heavy atom. The Kier molecular flexibility index (Phi) is 5.01. The number of imide groups is 2. The van der Waals surface area contributed by atoms with Crippen molar-refractivity contribution in [2.24, 2.45) is 0 Å². The molecule has 33 heavy (non-hydrogen) atoms. The maximum absolute atomic E-state index is 13.2. The lowest BCUT2D eigenvalue weighted by Crippen LogP contribution is -2.54. The van der Waals surface area contributed by atoms with Gasteiger partial charge in [-0.2, -0.15) is 0 Å². The Bertz CT molecular complexity index is 1210. The van der Waals surface area contributed by atoms with E-state index in [4.69, 9.17) is 4.74 Å². The first-order chi connectivity index (χ1) is 15.9. The van der Waals surface area contributed by atoms with Crippen LogP contribution in [0.5, 0.6) is 0 Å². The molecule has 5 amide bonds. The van der Waals surface area contributed by atoms with Crippen LogP contribution in [-0.2, 0) is 14.3 Å². The van der Waals surface area contributed by atoms with Gasteiger partial charge in [-0.3, -0.25) is 34.2 Å². The van der Waals surface area contributed by atoms with Crippen molar-refractivity contribution in [3.8, 4) is 5.69 Å². The molecule has 5 rings (SSSR count). The number of amides is 5. The van der Waals surface area contributed by atoms with Crippen LogP contribution in [0.4, 0.5) is 0 Å². The number of aromatic nitrogens is 3. The minimum atomic E-state index is -1.07. The Morgan fingerprint density at radius 2 is 1.97 bits per heavy atom. The second-order valence-electron chi connectivity index (χ2n) is 8.09. The predicted octanol–water partition coefficient (Wildman–Crippen LogP) is -0.471. The minimum Gasteiger partial charge on any atom is -0.380 e. The van der Waals surface area contributed by atoms with Crippen LogP contribution in [0.3, 0.4) is 0 Å². The molecule has 2 unspecified atom stereocenters. The monoisotopic (exact) mass is 452 g/mol. The number of ether oxygens (including phenoxy) is 1. The van der Waals surface area contributed by atoms with Crippen LogP contribution >= 0.6 is 0 Å². The summed E-state index contributed by atoms with van der Waals surface area (Å²) in [5.74, 6) is -2.71. The first-order valence-corrected chi connectivity index (χ1v) is 10.5. The first kappa shape index (κ1) is 20.9. The van der Waals surface area contributed by atoms with E-state index in [1.807, 2.05) is 0 Å². The lowest BCUT2D eigenvalue weighted by molar-refractivity contribution is -0.136. The number of fused-ring (bicyclic) bond motifs is 1. The number of carbonyl (C=O) groups is 5. The van der Waals surface area contributed by atoms with E-state index in [9.17, 15) is 24.0 Å². The number of likely N-dealkylation sites (tertiary alicyclic amines) is 1. The highest BCUT2D eigenvalue weighted by Crippen LogP contribution is 2.31. The van der Waals surface area contributed by atoms with Crippen molar-refractivity contribution in [3.63, 3.8) is 0 Å². The molecule has 2 saturated heterocycles. The molecule has 3 aliphatic heterocycles. The Balaban J connectivity index is 1.44. The molecule has 1 N–H and O–H groups in total. The van der Waals surface area contributed by atoms with Gasteiger partial charge in [0.25, 0.3) is 17.7 Å². The molecule has 1 aromatic carbocycles. The topological polar surface area (TPSA) is 144 Å². The molecular formula is C21H20N6O6. The molecule has 1 aromatic heterocycles. The zero-order valence-electron chi connectivity index (χ0n) is 17.7. The van der Waals surface area contributed by atoms with Crippen LogP contribution in [0.15, 0.2) is 24.4 Å². The summed E-state index contributed by atoms with van der Waals surface area (Å²) in [5.41, 5.74) is 0.552. The van der Waals surface area contributed by atoms with E-state index in [0.717, 1.165) is 11.3 Å². The van der Waals surface area contributed by atoms with Gasteiger partial charge in [-0.15, -0.1) is 5.10 Å². The fourth-order valence-electron chi connectivity index (χ4n) is 4.43. The molecule has 0 spiro atoms. The molecule has 4 heterocycles. The summed E-state index contributed by atoms with van der Waals surface area (Å²) in [6, 6.07) is 3.58. The van der Waals surface area contributed by atoms with Crippen molar-refractivity contribution in [1.82, 2.24) is 30.1 Å². The van der Waals surface area contributed by atoms with Gasteiger partial charge in [0.05, 0.1) is 29.1 Å². The molecule has 2 atom stereocenters. The van der Waals surface area contributed by atoms with Crippen molar-refractivity contribution in [2.45, 2.75) is 31.4 Å². The smallest absolute Gasteiger partial charge is 0.276 e. The van der Waals surface area contributed by atoms with Crippen LogP contribution in [0.2, 0.25) is 0 Å². The molecule has 0 radical (unpaired) electrons. The van der Waals surface area contributed by atoms with Gasteiger partial charge in [-0.05, 0) is 25.0 Å². The first-order valence-electron chi connectivity index (χ1n) is 10.5. The van der Waals surface area contributed by atoms with Crippen LogP contribution in [0.1, 0.15) is 50.5 Å². The number of hydrogen-bond acceptors (Lipinski definition) is 8. The zero-order chi connectivity index (χ0) is 23.3. The predicted molar refractivity (Wildman–Crippen MR) is 109 cm³/mol. The molecule has 0 bridgehead atoms. The van der Waals surface area contributed by atoms with Gasteiger partial charge in [0.1, 0.15) is 6.04 Å². The number of rotatable bonds is 4. The summed E-state index contributed by atoms with van der Waals surface area (Å²) in [6.07, 6.45) is 2.21. The average molecular weight is 452 g/mol. The van der Waals surface area contributed by atoms with E-state index in [1.54, 1.807) is 24.1 Å². The Hall–Kier alpha value is -3.93. The molecule has 0 saturated carbocycles. The second-order valence-corrected chi connectivity index (χ2v) is 8.09. The van der Waals surface area contributed by atoms with Gasteiger partial charge >= 0.3 is 0 Å². The van der Waals surface area contributed by atoms with Gasteiger partial charge in [-0.1, -0.05) is 11.3 Å². The molecule has 170 valence electrons. The zero-order valence-corrected chi connectivity index (χ0v) is 17.7. The fraction of sp³-hybridized carbons (Fsp3) is 0.381. The number of methoxy groups -OCH3 is 1. The van der Waals surface area contributed by atoms with Crippen LogP contribution in [0.25, 0.3) is 5.69 Å². The normalized spacial score (nSPS) is 22.7. The molecule has 3 aliphatic rings. The molecular weight excluding hydrogens is 432 g/mol. The largest absolute Gasteiger partial charge is 0.380 e. The number of piperidine rings is 1. The number of nitrogens with one attached hydrogen (secondary N) is 1. The summed E-state index contributed by atoms with van der Waals surface area (Å²) in [4.78, 5) is 65.3. The SMILES string of the molecule is COC1CCN(C(=O)c2cn(-c3cccc4c3C(=O)N(C3CCC(=O)NC3=O)C4=O)nn2)C1. The van der Waals surface area contributed by atoms with Gasteiger partial charge in [-0.25, -0.2) is 4.68 Å². The highest BCUT2D eigenvalue weighted by atomic mass is 16.5. The van der Waals surface area contributed by atoms with E-state index in [0.29, 0.717) is 13.1 Å². The van der Waals surface area contributed by atoms with Gasteiger partial charge in [0.15, 0.2) is 5.69 Å². The van der Waals surface area contributed by atoms with E-state index < -0.39 is 29.7 Å². The second kappa shape index (κ2) is 7.89. The van der Waals surface area contributed by atoms with Crippen LogP contribution in [-0.4, -0.2) is 86.7 Å². The maximum atomic E-state index is 13.2. The molecule has 2 fully saturated rings. The maximum Gasteiger partial charge on any atom is 0.276 e. The minimum absolute atomic E-state index is 0.0247. The third-order valence-corrected chi connectivity index (χ3v) is 6.17. The summed E-state index contributed by atoms with van der Waals surface area (Å²) < 4.78 is 6.56. The van der Waals surface area contributed by atoms with E-state index in [1.165, 1.54) is 16.9 Å². The highest BCUT2D eigenvalue weighted by Gasteiger charge is 2.46. The van der Waals surface area contributed by atoms with Crippen molar-refractivity contribution in [1.29, 1.82) is 0 Å². The Labute approximate surface area is 187 Å². The molecule has 12 heteroatoms. The van der Waals surface area contributed by atoms with E-state index >= 15 is 0 Å². The van der Waals surface area contributed by atoms with E-state index in [-0.39, 0.29) is 47.4 Å². The Morgan fingerprint density at radius 3 is 2.70 bits per heavy atom. The standard InChI is InChI=1S/C21H20N6O6/c1-33-11-7-8-25(9-11)20(31)13-10-26(24-23-13)14-4-2-3-12-17(14)21(32)27(19(12)30)15-5-6-16(28)22-18(15)29/h2-4,10-11,15H,5-9H2,1H3,(H,22,28,29). The molecule has 2 aromatic rings. The van der Waals surface area contributed by atoms with Crippen molar-refractivity contribution in [2.75, 3.05) is 20.2 Å². The molecule has 0 aliphatic carbocycles. The molecule has 12 nitrogen and oxygen atoms in total. The van der Waals surface area contributed by atoms with Crippen molar-refractivity contribution < 1.29 is 28.7 Å². The average Bonchev–Trinajstić information content (AvgIpc) is 3.53. The third kappa shape index (κ3) is 3.39. The van der Waals surface area contributed by atoms with Gasteiger partial charge in [0, 0.05) is 26.6 Å². The van der Waals surface area contributed by atoms with Crippen molar-refractivity contribution >= 4 is 29.5 Å².